The summed E-state index contributed by atoms with van der Waals surface area (Å²) < 4.78 is 10.5. The van der Waals surface area contributed by atoms with Gasteiger partial charge in [-0.05, 0) is 43.9 Å². The zero-order chi connectivity index (χ0) is 21.7. The molecule has 0 aromatic heterocycles. The molecule has 158 valence electrons. The summed E-state index contributed by atoms with van der Waals surface area (Å²) in [5.41, 5.74) is 3.87. The molecule has 0 N–H and O–H groups in total. The Kier molecular flexibility index (Phi) is 6.77. The number of hydrogen-bond acceptors (Lipinski definition) is 4. The Morgan fingerprint density at radius 1 is 0.900 bits per heavy atom. The lowest BCUT2D eigenvalue weighted by molar-refractivity contribution is -0.144. The molecule has 1 aliphatic heterocycles. The van der Waals surface area contributed by atoms with E-state index >= 15 is 0 Å². The topological polar surface area (TPSA) is 59.1 Å². The van der Waals surface area contributed by atoms with Crippen LogP contribution in [-0.4, -0.2) is 47.5 Å². The molecule has 30 heavy (non-hydrogen) atoms. The predicted molar refractivity (Wildman–Crippen MR) is 116 cm³/mol. The minimum atomic E-state index is -0.590. The highest BCUT2D eigenvalue weighted by atomic mass is 16.6. The van der Waals surface area contributed by atoms with E-state index in [-0.39, 0.29) is 19.3 Å². The first-order chi connectivity index (χ1) is 14.5. The minimum Gasteiger partial charge on any atom is -0.448 e. The second-order valence-corrected chi connectivity index (χ2v) is 7.18. The maximum atomic E-state index is 12.8. The fourth-order valence-electron chi connectivity index (χ4n) is 3.70. The van der Waals surface area contributed by atoms with Crippen LogP contribution in [0.2, 0.25) is 0 Å². The van der Waals surface area contributed by atoms with Gasteiger partial charge in [-0.1, -0.05) is 66.7 Å². The number of aryl methyl sites for hydroxylation is 1. The highest BCUT2D eigenvalue weighted by molar-refractivity contribution is 5.83. The van der Waals surface area contributed by atoms with Gasteiger partial charge in [0.25, 0.3) is 0 Å². The van der Waals surface area contributed by atoms with Crippen molar-refractivity contribution < 1.29 is 19.1 Å². The van der Waals surface area contributed by atoms with Gasteiger partial charge in [-0.25, -0.2) is 19.6 Å². The SMILES string of the molecule is C=C(c1ccc(C)cc1)[C@H]1[C@H](Cc2ccccc2)N(C(=O)OCC)N1C(=O)OCC. The van der Waals surface area contributed by atoms with Crippen molar-refractivity contribution in [2.75, 3.05) is 13.2 Å². The van der Waals surface area contributed by atoms with E-state index in [9.17, 15) is 9.59 Å². The Labute approximate surface area is 177 Å². The molecule has 1 saturated heterocycles. The van der Waals surface area contributed by atoms with Crippen LogP contribution in [0.1, 0.15) is 30.5 Å². The zero-order valence-corrected chi connectivity index (χ0v) is 17.7. The maximum absolute atomic E-state index is 12.8. The Morgan fingerprint density at radius 3 is 2.03 bits per heavy atom. The lowest BCUT2D eigenvalue weighted by Crippen LogP contribution is -2.75. The molecule has 0 unspecified atom stereocenters. The standard InChI is InChI=1S/C24H28N2O4/c1-5-29-23(27)25-21(16-19-10-8-7-9-11-19)22(26(25)24(28)30-6-2)18(4)20-14-12-17(3)13-15-20/h7-15,21-22H,4-6,16H2,1-3H3/t21-,22-/m0/s1. The third kappa shape index (κ3) is 4.32. The van der Waals surface area contributed by atoms with Crippen molar-refractivity contribution in [1.29, 1.82) is 0 Å². The lowest BCUT2D eigenvalue weighted by atomic mass is 9.86. The van der Waals surface area contributed by atoms with Gasteiger partial charge in [0.15, 0.2) is 0 Å². The highest BCUT2D eigenvalue weighted by Gasteiger charge is 2.54. The van der Waals surface area contributed by atoms with Crippen LogP contribution < -0.4 is 0 Å². The van der Waals surface area contributed by atoms with Gasteiger partial charge in [0.1, 0.15) is 6.04 Å². The molecule has 2 aromatic carbocycles. The van der Waals surface area contributed by atoms with Crippen LogP contribution in [0.5, 0.6) is 0 Å². The molecule has 2 aromatic rings. The molecule has 2 amide bonds. The number of benzene rings is 2. The first-order valence-electron chi connectivity index (χ1n) is 10.2. The van der Waals surface area contributed by atoms with Gasteiger partial charge in [-0.3, -0.25) is 0 Å². The number of nitrogens with zero attached hydrogens (tertiary/aromatic N) is 2. The summed E-state index contributed by atoms with van der Waals surface area (Å²) in [4.78, 5) is 25.5. The van der Waals surface area contributed by atoms with E-state index < -0.39 is 18.2 Å². The van der Waals surface area contributed by atoms with Crippen molar-refractivity contribution >= 4 is 17.8 Å². The van der Waals surface area contributed by atoms with E-state index in [0.29, 0.717) is 6.42 Å². The molecule has 6 nitrogen and oxygen atoms in total. The van der Waals surface area contributed by atoms with E-state index in [1.165, 1.54) is 10.0 Å². The van der Waals surface area contributed by atoms with E-state index in [4.69, 9.17) is 9.47 Å². The van der Waals surface area contributed by atoms with Crippen molar-refractivity contribution in [3.05, 3.63) is 77.9 Å². The number of carbonyl (C=O) groups is 2. The normalized spacial score (nSPS) is 17.8. The number of amides is 2. The second kappa shape index (κ2) is 9.48. The van der Waals surface area contributed by atoms with Crippen LogP contribution in [0.15, 0.2) is 61.2 Å². The van der Waals surface area contributed by atoms with Crippen molar-refractivity contribution in [2.24, 2.45) is 0 Å². The zero-order valence-electron chi connectivity index (χ0n) is 17.7. The van der Waals surface area contributed by atoms with Gasteiger partial charge in [-0.2, -0.15) is 0 Å². The van der Waals surface area contributed by atoms with Crippen LogP contribution in [0.4, 0.5) is 9.59 Å². The first-order valence-corrected chi connectivity index (χ1v) is 10.2. The Hall–Kier alpha value is -3.28. The summed E-state index contributed by atoms with van der Waals surface area (Å²) in [6.07, 6.45) is -0.599. The van der Waals surface area contributed by atoms with Crippen molar-refractivity contribution in [3.8, 4) is 0 Å². The Morgan fingerprint density at radius 2 is 1.47 bits per heavy atom. The molecule has 1 fully saturated rings. The van der Waals surface area contributed by atoms with Gasteiger partial charge in [0.05, 0.1) is 19.3 Å². The minimum absolute atomic E-state index is 0.207. The van der Waals surface area contributed by atoms with Gasteiger partial charge < -0.3 is 9.47 Å². The van der Waals surface area contributed by atoms with Crippen molar-refractivity contribution in [3.63, 3.8) is 0 Å². The van der Waals surface area contributed by atoms with E-state index in [0.717, 1.165) is 22.3 Å². The Bertz CT molecular complexity index is 895. The lowest BCUT2D eigenvalue weighted by Gasteiger charge is -2.55. The number of hydrazine groups is 1. The molecule has 0 bridgehead atoms. The Balaban J connectivity index is 1.97. The molecule has 1 aliphatic rings. The van der Waals surface area contributed by atoms with Crippen LogP contribution in [0, 0.1) is 6.92 Å². The van der Waals surface area contributed by atoms with E-state index in [2.05, 4.69) is 6.58 Å². The van der Waals surface area contributed by atoms with Crippen LogP contribution in [0.3, 0.4) is 0 Å². The van der Waals surface area contributed by atoms with Crippen LogP contribution in [0.25, 0.3) is 5.57 Å². The highest BCUT2D eigenvalue weighted by Crippen LogP contribution is 2.38. The summed E-state index contributed by atoms with van der Waals surface area (Å²) in [6, 6.07) is 17.1. The molecule has 0 saturated carbocycles. The van der Waals surface area contributed by atoms with Crippen molar-refractivity contribution in [1.82, 2.24) is 10.0 Å². The van der Waals surface area contributed by atoms with Gasteiger partial charge >= 0.3 is 12.2 Å². The van der Waals surface area contributed by atoms with Crippen LogP contribution >= 0.6 is 0 Å². The summed E-state index contributed by atoms with van der Waals surface area (Å²) in [5, 5.41) is 2.69. The molecular weight excluding hydrogens is 380 g/mol. The maximum Gasteiger partial charge on any atom is 0.429 e. The number of carbonyl (C=O) groups excluding carboxylic acids is 2. The fourth-order valence-corrected chi connectivity index (χ4v) is 3.70. The molecule has 0 radical (unpaired) electrons. The summed E-state index contributed by atoms with van der Waals surface area (Å²) in [7, 11) is 0. The molecule has 3 rings (SSSR count). The smallest absolute Gasteiger partial charge is 0.429 e. The largest absolute Gasteiger partial charge is 0.448 e. The molecule has 0 aliphatic carbocycles. The molecule has 6 heteroatoms. The first kappa shape index (κ1) is 21.4. The van der Waals surface area contributed by atoms with E-state index in [1.54, 1.807) is 13.8 Å². The number of ether oxygens (including phenoxy) is 2. The van der Waals surface area contributed by atoms with Gasteiger partial charge in [-0.15, -0.1) is 0 Å². The molecule has 0 spiro atoms. The summed E-state index contributed by atoms with van der Waals surface area (Å²) in [5.74, 6) is 0. The third-order valence-corrected chi connectivity index (χ3v) is 5.15. The number of hydrogen-bond donors (Lipinski definition) is 0. The molecular formula is C24H28N2O4. The summed E-state index contributed by atoms with van der Waals surface area (Å²) in [6.45, 7) is 10.2. The van der Waals surface area contributed by atoms with Gasteiger partial charge in [0, 0.05) is 0 Å². The second-order valence-electron chi connectivity index (χ2n) is 7.18. The average molecular weight is 408 g/mol. The van der Waals surface area contributed by atoms with Gasteiger partial charge in [0.2, 0.25) is 0 Å². The van der Waals surface area contributed by atoms with Crippen molar-refractivity contribution in [2.45, 2.75) is 39.3 Å². The monoisotopic (exact) mass is 408 g/mol. The predicted octanol–water partition coefficient (Wildman–Crippen LogP) is 4.83. The quantitative estimate of drug-likeness (QED) is 0.687. The number of rotatable bonds is 6. The summed E-state index contributed by atoms with van der Waals surface area (Å²) >= 11 is 0. The van der Waals surface area contributed by atoms with Crippen LogP contribution in [-0.2, 0) is 15.9 Å². The average Bonchev–Trinajstić information content (AvgIpc) is 2.72. The third-order valence-electron chi connectivity index (χ3n) is 5.15. The molecule has 1 heterocycles. The fraction of sp³-hybridized carbons (Fsp3) is 0.333. The van der Waals surface area contributed by atoms with E-state index in [1.807, 2.05) is 61.5 Å². The molecule has 2 atom stereocenters.